The Hall–Kier alpha value is -2.15. The van der Waals surface area contributed by atoms with Crippen LogP contribution in [0.3, 0.4) is 0 Å². The van der Waals surface area contributed by atoms with Crippen molar-refractivity contribution in [3.05, 3.63) is 39.9 Å². The van der Waals surface area contributed by atoms with Gasteiger partial charge in [0.05, 0.1) is 23.2 Å². The second-order valence-corrected chi connectivity index (χ2v) is 5.67. The molecule has 2 fully saturated rings. The van der Waals surface area contributed by atoms with Crippen molar-refractivity contribution < 1.29 is 9.66 Å². The number of nitro benzene ring substituents is 1. The lowest BCUT2D eigenvalue weighted by molar-refractivity contribution is -0.385. The van der Waals surface area contributed by atoms with Crippen molar-refractivity contribution in [2.45, 2.75) is 44.1 Å². The average Bonchev–Trinajstić information content (AvgIpc) is 3.14. The maximum atomic E-state index is 11.0. The Bertz CT molecular complexity index is 590. The largest absolute Gasteiger partial charge is 0.373 e. The lowest BCUT2D eigenvalue weighted by Crippen LogP contribution is -2.47. The molecule has 0 radical (unpaired) electrons. The summed E-state index contributed by atoms with van der Waals surface area (Å²) in [5.41, 5.74) is 0.758. The quantitative estimate of drug-likeness (QED) is 0.381. The van der Waals surface area contributed by atoms with E-state index in [1.165, 1.54) is 6.07 Å². The molecule has 0 spiro atoms. The van der Waals surface area contributed by atoms with Gasteiger partial charge in [-0.25, -0.2) is 0 Å². The van der Waals surface area contributed by atoms with E-state index in [0.717, 1.165) is 19.3 Å². The predicted molar refractivity (Wildman–Crippen MR) is 82.7 cm³/mol. The first-order chi connectivity index (χ1) is 10.7. The van der Waals surface area contributed by atoms with Crippen LogP contribution in [0.2, 0.25) is 0 Å². The third kappa shape index (κ3) is 3.04. The molecular formula is C15H20N4O3. The molecule has 22 heavy (non-hydrogen) atoms. The van der Waals surface area contributed by atoms with Gasteiger partial charge in [0, 0.05) is 25.2 Å². The minimum Gasteiger partial charge on any atom is -0.373 e. The van der Waals surface area contributed by atoms with E-state index in [1.807, 2.05) is 0 Å². The molecule has 2 aliphatic rings. The zero-order valence-electron chi connectivity index (χ0n) is 12.5. The van der Waals surface area contributed by atoms with Gasteiger partial charge in [0.1, 0.15) is 0 Å². The normalized spacial score (nSPS) is 27.0. The zero-order valence-corrected chi connectivity index (χ0v) is 12.5. The molecular weight excluding hydrogens is 284 g/mol. The van der Waals surface area contributed by atoms with Crippen LogP contribution in [-0.2, 0) is 11.3 Å². The molecule has 7 nitrogen and oxygen atoms in total. The van der Waals surface area contributed by atoms with Crippen molar-refractivity contribution in [2.75, 3.05) is 7.05 Å². The molecule has 0 aromatic heterocycles. The standard InChI is InChI=1S/C15H20N4O3/c1-16-15(18-12-8-11-6-7-14(12)22-11)17-9-10-4-2-3-5-13(10)19(20)21/h2-5,11-12,14H,6-9H2,1H3,(H2,16,17,18). The fourth-order valence-electron chi connectivity index (χ4n) is 3.18. The molecule has 2 saturated heterocycles. The SMILES string of the molecule is CN=C(NCc1ccccc1[N+](=O)[O-])NC1CC2CCC1O2. The van der Waals surface area contributed by atoms with Gasteiger partial charge >= 0.3 is 0 Å². The summed E-state index contributed by atoms with van der Waals surface area (Å²) in [7, 11) is 1.70. The number of guanidine groups is 1. The Morgan fingerprint density at radius 1 is 1.45 bits per heavy atom. The number of hydrogen-bond acceptors (Lipinski definition) is 4. The summed E-state index contributed by atoms with van der Waals surface area (Å²) in [4.78, 5) is 14.8. The fourth-order valence-corrected chi connectivity index (χ4v) is 3.18. The van der Waals surface area contributed by atoms with Crippen LogP contribution < -0.4 is 10.6 Å². The van der Waals surface area contributed by atoms with Crippen LogP contribution in [0.25, 0.3) is 0 Å². The van der Waals surface area contributed by atoms with E-state index in [-0.39, 0.29) is 22.8 Å². The van der Waals surface area contributed by atoms with Crippen molar-refractivity contribution >= 4 is 11.6 Å². The highest BCUT2D eigenvalue weighted by Gasteiger charge is 2.41. The van der Waals surface area contributed by atoms with E-state index in [1.54, 1.807) is 25.2 Å². The summed E-state index contributed by atoms with van der Waals surface area (Å²) in [6.45, 7) is 0.360. The van der Waals surface area contributed by atoms with Gasteiger partial charge in [-0.15, -0.1) is 0 Å². The molecule has 3 atom stereocenters. The lowest BCUT2D eigenvalue weighted by atomic mass is 9.96. The Kier molecular flexibility index (Phi) is 4.24. The maximum Gasteiger partial charge on any atom is 0.274 e. The van der Waals surface area contributed by atoms with Gasteiger partial charge in [0.2, 0.25) is 0 Å². The first-order valence-electron chi connectivity index (χ1n) is 7.52. The number of nitrogens with one attached hydrogen (secondary N) is 2. The number of fused-ring (bicyclic) bond motifs is 2. The van der Waals surface area contributed by atoms with Crippen molar-refractivity contribution in [1.29, 1.82) is 0 Å². The summed E-state index contributed by atoms with van der Waals surface area (Å²) in [6.07, 6.45) is 3.86. The number of hydrogen-bond donors (Lipinski definition) is 2. The third-order valence-corrected chi connectivity index (χ3v) is 4.29. The van der Waals surface area contributed by atoms with E-state index < -0.39 is 0 Å². The number of nitrogens with zero attached hydrogens (tertiary/aromatic N) is 2. The number of benzene rings is 1. The summed E-state index contributed by atoms with van der Waals surface area (Å²) in [5, 5.41) is 17.5. The average molecular weight is 304 g/mol. The molecule has 1 aromatic rings. The minimum atomic E-state index is -0.364. The predicted octanol–water partition coefficient (Wildman–Crippen LogP) is 1.58. The third-order valence-electron chi connectivity index (χ3n) is 4.29. The Morgan fingerprint density at radius 3 is 2.91 bits per heavy atom. The van der Waals surface area contributed by atoms with E-state index in [2.05, 4.69) is 15.6 Å². The molecule has 2 bridgehead atoms. The number of nitro groups is 1. The molecule has 0 amide bonds. The molecule has 2 heterocycles. The highest BCUT2D eigenvalue weighted by molar-refractivity contribution is 5.80. The molecule has 0 saturated carbocycles. The number of rotatable bonds is 4. The van der Waals surface area contributed by atoms with Gasteiger partial charge in [0.25, 0.3) is 5.69 Å². The van der Waals surface area contributed by atoms with Gasteiger partial charge in [0.15, 0.2) is 5.96 Å². The monoisotopic (exact) mass is 304 g/mol. The van der Waals surface area contributed by atoms with Gasteiger partial charge in [-0.05, 0) is 19.3 Å². The van der Waals surface area contributed by atoms with Crippen LogP contribution in [0.15, 0.2) is 29.3 Å². The van der Waals surface area contributed by atoms with E-state index in [4.69, 9.17) is 4.74 Å². The molecule has 3 rings (SSSR count). The van der Waals surface area contributed by atoms with Crippen LogP contribution in [0.4, 0.5) is 5.69 Å². The number of ether oxygens (including phenoxy) is 1. The van der Waals surface area contributed by atoms with Crippen LogP contribution in [0.1, 0.15) is 24.8 Å². The Morgan fingerprint density at radius 2 is 2.27 bits per heavy atom. The topological polar surface area (TPSA) is 88.8 Å². The summed E-state index contributed by atoms with van der Waals surface area (Å²) < 4.78 is 5.81. The van der Waals surface area contributed by atoms with Crippen molar-refractivity contribution in [1.82, 2.24) is 10.6 Å². The molecule has 3 unspecified atom stereocenters. The Balaban J connectivity index is 1.59. The highest BCUT2D eigenvalue weighted by atomic mass is 16.6. The molecule has 1 aromatic carbocycles. The van der Waals surface area contributed by atoms with Crippen molar-refractivity contribution in [3.63, 3.8) is 0 Å². The fraction of sp³-hybridized carbons (Fsp3) is 0.533. The lowest BCUT2D eigenvalue weighted by Gasteiger charge is -2.22. The van der Waals surface area contributed by atoms with Gasteiger partial charge in [-0.3, -0.25) is 15.1 Å². The highest BCUT2D eigenvalue weighted by Crippen LogP contribution is 2.34. The minimum absolute atomic E-state index is 0.119. The van der Waals surface area contributed by atoms with Gasteiger partial charge < -0.3 is 15.4 Å². The second-order valence-electron chi connectivity index (χ2n) is 5.67. The van der Waals surface area contributed by atoms with Crippen LogP contribution in [0.5, 0.6) is 0 Å². The molecule has 7 heteroatoms. The van der Waals surface area contributed by atoms with Crippen LogP contribution >= 0.6 is 0 Å². The summed E-state index contributed by atoms with van der Waals surface area (Å²) in [5.74, 6) is 0.652. The number of aliphatic imine (C=N–C) groups is 1. The smallest absolute Gasteiger partial charge is 0.274 e. The van der Waals surface area contributed by atoms with E-state index in [0.29, 0.717) is 24.2 Å². The van der Waals surface area contributed by atoms with E-state index in [9.17, 15) is 10.1 Å². The molecule has 118 valence electrons. The first kappa shape index (κ1) is 14.8. The van der Waals surface area contributed by atoms with Crippen LogP contribution in [-0.4, -0.2) is 36.2 Å². The second kappa shape index (κ2) is 6.31. The summed E-state index contributed by atoms with van der Waals surface area (Å²) >= 11 is 0. The maximum absolute atomic E-state index is 11.0. The summed E-state index contributed by atoms with van der Waals surface area (Å²) in [6, 6.07) is 7.00. The van der Waals surface area contributed by atoms with Crippen molar-refractivity contribution in [3.8, 4) is 0 Å². The van der Waals surface area contributed by atoms with Gasteiger partial charge in [-0.1, -0.05) is 18.2 Å². The molecule has 2 N–H and O–H groups in total. The van der Waals surface area contributed by atoms with Crippen molar-refractivity contribution in [2.24, 2.45) is 4.99 Å². The Labute approximate surface area is 128 Å². The molecule has 2 aliphatic heterocycles. The number of para-hydroxylation sites is 1. The zero-order chi connectivity index (χ0) is 15.5. The van der Waals surface area contributed by atoms with Gasteiger partial charge in [-0.2, -0.15) is 0 Å². The molecule has 0 aliphatic carbocycles. The van der Waals surface area contributed by atoms with E-state index >= 15 is 0 Å². The van der Waals surface area contributed by atoms with Crippen LogP contribution in [0, 0.1) is 10.1 Å². The first-order valence-corrected chi connectivity index (χ1v) is 7.52.